The molecule has 0 radical (unpaired) electrons. The first-order chi connectivity index (χ1) is 18.8. The minimum Gasteiger partial charge on any atom is -0.352 e. The first kappa shape index (κ1) is 30.9. The van der Waals surface area contributed by atoms with E-state index in [1.54, 1.807) is 43.3 Å². The molecule has 0 aliphatic carbocycles. The number of sulfonamides is 1. The standard InChI is InChI=1S/C32H41N3O4S/c1-22(2)28-13-15-29(16-14-28)35(40(38,39)30-17-11-24(5)12-18-30)21-31(36)34(26(7)32(37)33-23(3)4)20-27-10-8-9-25(6)19-27/h8-19,22-23,26H,20-21H2,1-7H3,(H,33,37)/t26-/m0/s1. The van der Waals surface area contributed by atoms with Crippen LogP contribution in [0, 0.1) is 13.8 Å². The molecule has 214 valence electrons. The Morgan fingerprint density at radius 1 is 0.825 bits per heavy atom. The molecule has 8 heteroatoms. The lowest BCUT2D eigenvalue weighted by Crippen LogP contribution is -2.52. The van der Waals surface area contributed by atoms with Crippen LogP contribution in [0.15, 0.2) is 77.7 Å². The van der Waals surface area contributed by atoms with E-state index < -0.39 is 28.5 Å². The molecule has 0 spiro atoms. The van der Waals surface area contributed by atoms with Crippen molar-refractivity contribution in [2.45, 2.75) is 77.9 Å². The summed E-state index contributed by atoms with van der Waals surface area (Å²) in [6.45, 7) is 13.1. The summed E-state index contributed by atoms with van der Waals surface area (Å²) < 4.78 is 29.0. The van der Waals surface area contributed by atoms with Crippen LogP contribution in [0.1, 0.15) is 62.8 Å². The van der Waals surface area contributed by atoms with E-state index in [-0.39, 0.29) is 29.3 Å². The maximum absolute atomic E-state index is 14.0. The first-order valence-corrected chi connectivity index (χ1v) is 15.1. The average Bonchev–Trinajstić information content (AvgIpc) is 2.89. The highest BCUT2D eigenvalue weighted by Crippen LogP contribution is 2.27. The molecule has 7 nitrogen and oxygen atoms in total. The molecular weight excluding hydrogens is 522 g/mol. The maximum Gasteiger partial charge on any atom is 0.264 e. The van der Waals surface area contributed by atoms with Crippen molar-refractivity contribution in [3.05, 3.63) is 95.1 Å². The van der Waals surface area contributed by atoms with E-state index in [2.05, 4.69) is 19.2 Å². The second-order valence-electron chi connectivity index (χ2n) is 10.9. The van der Waals surface area contributed by atoms with Crippen LogP contribution in [0.4, 0.5) is 5.69 Å². The lowest BCUT2D eigenvalue weighted by Gasteiger charge is -2.32. The normalized spacial score (nSPS) is 12.3. The Morgan fingerprint density at radius 2 is 1.45 bits per heavy atom. The zero-order chi connectivity index (χ0) is 29.6. The molecule has 0 aromatic heterocycles. The minimum absolute atomic E-state index is 0.0923. The minimum atomic E-state index is -4.09. The molecule has 0 unspecified atom stereocenters. The number of anilines is 1. The van der Waals surface area contributed by atoms with Crippen LogP contribution in [-0.2, 0) is 26.2 Å². The number of hydrogen-bond acceptors (Lipinski definition) is 4. The van der Waals surface area contributed by atoms with Crippen molar-refractivity contribution in [2.24, 2.45) is 0 Å². The van der Waals surface area contributed by atoms with Gasteiger partial charge in [0.2, 0.25) is 11.8 Å². The summed E-state index contributed by atoms with van der Waals surface area (Å²) in [7, 11) is -4.09. The van der Waals surface area contributed by atoms with Gasteiger partial charge in [-0.05, 0) is 75.9 Å². The van der Waals surface area contributed by atoms with Crippen LogP contribution in [-0.4, -0.2) is 43.8 Å². The van der Waals surface area contributed by atoms with Crippen LogP contribution in [0.3, 0.4) is 0 Å². The topological polar surface area (TPSA) is 86.8 Å². The zero-order valence-corrected chi connectivity index (χ0v) is 25.3. The van der Waals surface area contributed by atoms with Crippen LogP contribution < -0.4 is 9.62 Å². The second kappa shape index (κ2) is 13.1. The van der Waals surface area contributed by atoms with Crippen molar-refractivity contribution in [2.75, 3.05) is 10.8 Å². The Morgan fingerprint density at radius 3 is 2.00 bits per heavy atom. The molecule has 0 fully saturated rings. The van der Waals surface area contributed by atoms with Gasteiger partial charge in [0.25, 0.3) is 10.0 Å². The molecule has 1 N–H and O–H groups in total. The average molecular weight is 564 g/mol. The fraction of sp³-hybridized carbons (Fsp3) is 0.375. The lowest BCUT2D eigenvalue weighted by molar-refractivity contribution is -0.139. The van der Waals surface area contributed by atoms with Crippen LogP contribution in [0.2, 0.25) is 0 Å². The number of carbonyl (C=O) groups is 2. The van der Waals surface area contributed by atoms with Crippen molar-refractivity contribution >= 4 is 27.5 Å². The van der Waals surface area contributed by atoms with Gasteiger partial charge in [-0.1, -0.05) is 73.5 Å². The van der Waals surface area contributed by atoms with Crippen molar-refractivity contribution in [1.29, 1.82) is 0 Å². The van der Waals surface area contributed by atoms with Crippen LogP contribution >= 0.6 is 0 Å². The highest BCUT2D eigenvalue weighted by Gasteiger charge is 2.32. The van der Waals surface area contributed by atoms with Gasteiger partial charge in [0.15, 0.2) is 0 Å². The fourth-order valence-electron chi connectivity index (χ4n) is 4.39. The van der Waals surface area contributed by atoms with Crippen molar-refractivity contribution in [1.82, 2.24) is 10.2 Å². The number of nitrogens with one attached hydrogen (secondary N) is 1. The highest BCUT2D eigenvalue weighted by atomic mass is 32.2. The van der Waals surface area contributed by atoms with Gasteiger partial charge < -0.3 is 10.2 Å². The van der Waals surface area contributed by atoms with Gasteiger partial charge in [-0.3, -0.25) is 13.9 Å². The summed E-state index contributed by atoms with van der Waals surface area (Å²) in [4.78, 5) is 28.6. The predicted molar refractivity (Wildman–Crippen MR) is 161 cm³/mol. The van der Waals surface area contributed by atoms with Crippen molar-refractivity contribution in [3.63, 3.8) is 0 Å². The summed E-state index contributed by atoms with van der Waals surface area (Å²) >= 11 is 0. The summed E-state index contributed by atoms with van der Waals surface area (Å²) in [5.41, 5.74) is 4.25. The molecule has 3 aromatic carbocycles. The van der Waals surface area contributed by atoms with Gasteiger partial charge in [0.1, 0.15) is 12.6 Å². The molecule has 3 aromatic rings. The van der Waals surface area contributed by atoms with E-state index in [9.17, 15) is 18.0 Å². The molecule has 40 heavy (non-hydrogen) atoms. The molecule has 0 aliphatic heterocycles. The SMILES string of the molecule is Cc1ccc(S(=O)(=O)N(CC(=O)N(Cc2cccc(C)c2)[C@@H](C)C(=O)NC(C)C)c2ccc(C(C)C)cc2)cc1. The summed E-state index contributed by atoms with van der Waals surface area (Å²) in [6, 6.07) is 20.6. The molecule has 2 amide bonds. The summed E-state index contributed by atoms with van der Waals surface area (Å²) in [5.74, 6) is -0.509. The van der Waals surface area contributed by atoms with E-state index in [0.29, 0.717) is 5.69 Å². The molecule has 1 atom stereocenters. The number of nitrogens with zero attached hydrogens (tertiary/aromatic N) is 2. The first-order valence-electron chi connectivity index (χ1n) is 13.6. The van der Waals surface area contributed by atoms with E-state index in [4.69, 9.17) is 0 Å². The van der Waals surface area contributed by atoms with E-state index >= 15 is 0 Å². The number of carbonyl (C=O) groups excluding carboxylic acids is 2. The van der Waals surface area contributed by atoms with E-state index in [1.165, 1.54) is 4.90 Å². The fourth-order valence-corrected chi connectivity index (χ4v) is 5.80. The molecule has 0 saturated carbocycles. The smallest absolute Gasteiger partial charge is 0.264 e. The quantitative estimate of drug-likeness (QED) is 0.331. The second-order valence-corrected chi connectivity index (χ2v) is 12.8. The third-order valence-electron chi connectivity index (χ3n) is 6.77. The Hall–Kier alpha value is -3.65. The molecular formula is C32H41N3O4S. The third-order valence-corrected chi connectivity index (χ3v) is 8.56. The molecule has 0 aliphatic rings. The summed E-state index contributed by atoms with van der Waals surface area (Å²) in [5, 5.41) is 2.87. The Balaban J connectivity index is 2.05. The van der Waals surface area contributed by atoms with Crippen LogP contribution in [0.25, 0.3) is 0 Å². The molecule has 0 heterocycles. The largest absolute Gasteiger partial charge is 0.352 e. The lowest BCUT2D eigenvalue weighted by atomic mass is 10.0. The zero-order valence-electron chi connectivity index (χ0n) is 24.5. The Labute approximate surface area is 239 Å². The Kier molecular flexibility index (Phi) is 10.1. The van der Waals surface area contributed by atoms with Crippen LogP contribution in [0.5, 0.6) is 0 Å². The number of benzene rings is 3. The van der Waals surface area contributed by atoms with Gasteiger partial charge in [-0.25, -0.2) is 8.42 Å². The number of aryl methyl sites for hydroxylation is 2. The molecule has 0 saturated heterocycles. The van der Waals surface area contributed by atoms with Gasteiger partial charge in [-0.2, -0.15) is 0 Å². The Bertz CT molecular complexity index is 1420. The molecule has 3 rings (SSSR count). The number of rotatable bonds is 11. The van der Waals surface area contributed by atoms with Gasteiger partial charge in [0, 0.05) is 12.6 Å². The number of hydrogen-bond donors (Lipinski definition) is 1. The van der Waals surface area contributed by atoms with E-state index in [1.807, 2.05) is 64.1 Å². The molecule has 0 bridgehead atoms. The van der Waals surface area contributed by atoms with E-state index in [0.717, 1.165) is 26.6 Å². The maximum atomic E-state index is 14.0. The van der Waals surface area contributed by atoms with Crippen molar-refractivity contribution < 1.29 is 18.0 Å². The monoisotopic (exact) mass is 563 g/mol. The summed E-state index contributed by atoms with van der Waals surface area (Å²) in [6.07, 6.45) is 0. The third kappa shape index (κ3) is 7.72. The predicted octanol–water partition coefficient (Wildman–Crippen LogP) is 5.56. The van der Waals surface area contributed by atoms with Gasteiger partial charge in [0.05, 0.1) is 10.6 Å². The van der Waals surface area contributed by atoms with Gasteiger partial charge >= 0.3 is 0 Å². The number of amides is 2. The van der Waals surface area contributed by atoms with Gasteiger partial charge in [-0.15, -0.1) is 0 Å². The highest BCUT2D eigenvalue weighted by molar-refractivity contribution is 7.92. The van der Waals surface area contributed by atoms with Crippen molar-refractivity contribution in [3.8, 4) is 0 Å².